The van der Waals surface area contributed by atoms with Crippen molar-refractivity contribution in [3.05, 3.63) is 53.6 Å². The number of hydrogen-bond donors (Lipinski definition) is 1. The summed E-state index contributed by atoms with van der Waals surface area (Å²) < 4.78 is 50.8. The van der Waals surface area contributed by atoms with Gasteiger partial charge in [-0.3, -0.25) is 9.89 Å². The lowest BCUT2D eigenvalue weighted by molar-refractivity contribution is 0.0747. The van der Waals surface area contributed by atoms with Crippen molar-refractivity contribution in [2.24, 2.45) is 11.8 Å². The smallest absolute Gasteiger partial charge is 0.256 e. The Balaban J connectivity index is 1.22. The summed E-state index contributed by atoms with van der Waals surface area (Å²) in [7, 11) is 1.53. The summed E-state index contributed by atoms with van der Waals surface area (Å²) in [5, 5.41) is 11.6. The quantitative estimate of drug-likeness (QED) is 0.376. The molecular weight excluding hydrogens is 486 g/mol. The number of nitrogens with one attached hydrogen (secondary N) is 1. The van der Waals surface area contributed by atoms with Gasteiger partial charge in [0.2, 0.25) is 0 Å². The molecule has 2 atom stereocenters. The van der Waals surface area contributed by atoms with Crippen LogP contribution in [0.2, 0.25) is 0 Å². The summed E-state index contributed by atoms with van der Waals surface area (Å²) >= 11 is 0. The number of ether oxygens (including phenoxy) is 3. The molecule has 2 saturated heterocycles. The zero-order valence-electron chi connectivity index (χ0n) is 20.0. The van der Waals surface area contributed by atoms with Gasteiger partial charge in [0.1, 0.15) is 23.8 Å². The zero-order chi connectivity index (χ0) is 25.5. The lowest BCUT2D eigenvalue weighted by Crippen LogP contribution is -2.31. The number of H-pyrrole nitrogens is 1. The van der Waals surface area contributed by atoms with Crippen molar-refractivity contribution in [3.8, 4) is 28.5 Å². The van der Waals surface area contributed by atoms with Crippen molar-refractivity contribution in [2.45, 2.75) is 0 Å². The van der Waals surface area contributed by atoms with E-state index in [1.165, 1.54) is 31.4 Å². The number of amides is 1. The highest BCUT2D eigenvalue weighted by molar-refractivity contribution is 5.95. The average molecular weight is 510 g/mol. The summed E-state index contributed by atoms with van der Waals surface area (Å²) in [4.78, 5) is 14.6. The fourth-order valence-corrected chi connectivity index (χ4v) is 4.95. The second-order valence-corrected chi connectivity index (χ2v) is 9.28. The highest BCUT2D eigenvalue weighted by Gasteiger charge is 2.39. The second kappa shape index (κ2) is 9.56. The van der Waals surface area contributed by atoms with E-state index >= 15 is 4.39 Å². The number of methoxy groups -OCH3 is 1. The number of aromatic amines is 1. The minimum atomic E-state index is -0.631. The molecule has 0 saturated carbocycles. The first-order valence-corrected chi connectivity index (χ1v) is 11.9. The van der Waals surface area contributed by atoms with Gasteiger partial charge in [-0.2, -0.15) is 5.10 Å². The van der Waals surface area contributed by atoms with Crippen LogP contribution in [-0.4, -0.2) is 72.8 Å². The van der Waals surface area contributed by atoms with Crippen LogP contribution in [0.15, 0.2) is 40.9 Å². The van der Waals surface area contributed by atoms with Gasteiger partial charge in [0, 0.05) is 55.1 Å². The van der Waals surface area contributed by atoms with Crippen molar-refractivity contribution in [3.63, 3.8) is 0 Å². The lowest BCUT2D eigenvalue weighted by Gasteiger charge is -2.18. The largest absolute Gasteiger partial charge is 0.488 e. The van der Waals surface area contributed by atoms with E-state index in [9.17, 15) is 9.18 Å². The molecule has 6 rings (SSSR count). The average Bonchev–Trinajstić information content (AvgIpc) is 3.67. The van der Waals surface area contributed by atoms with Crippen LogP contribution < -0.4 is 4.74 Å². The lowest BCUT2D eigenvalue weighted by atomic mass is 10.0. The van der Waals surface area contributed by atoms with Gasteiger partial charge in [0.05, 0.1) is 30.9 Å². The van der Waals surface area contributed by atoms with Gasteiger partial charge >= 0.3 is 0 Å². The van der Waals surface area contributed by atoms with Gasteiger partial charge in [-0.25, -0.2) is 8.78 Å². The van der Waals surface area contributed by atoms with Gasteiger partial charge in [0.15, 0.2) is 17.3 Å². The Morgan fingerprint density at radius 2 is 1.92 bits per heavy atom. The summed E-state index contributed by atoms with van der Waals surface area (Å²) in [6.07, 6.45) is 0. The number of rotatable bonds is 7. The standard InChI is InChI=1S/C26H24F2N4O5/c1-34-4-5-36-23-9-22-18(7-20(23)28)25(30-29-22)24-8-21(31-37-24)14-2-3-17(19(27)6-14)26(33)32-10-15-12-35-13-16(15)11-32/h2-3,6-9,15-16H,4-5,10-13H2,1H3,(H,29,30)/t15-,16+. The summed E-state index contributed by atoms with van der Waals surface area (Å²) in [6.45, 7) is 2.99. The Hall–Kier alpha value is -3.83. The molecule has 4 heterocycles. The highest BCUT2D eigenvalue weighted by Crippen LogP contribution is 2.34. The monoisotopic (exact) mass is 510 g/mol. The van der Waals surface area contributed by atoms with E-state index in [1.54, 1.807) is 17.0 Å². The van der Waals surface area contributed by atoms with E-state index in [2.05, 4.69) is 15.4 Å². The fourth-order valence-electron chi connectivity index (χ4n) is 4.95. The van der Waals surface area contributed by atoms with Gasteiger partial charge in [-0.1, -0.05) is 11.2 Å². The van der Waals surface area contributed by atoms with Crippen molar-refractivity contribution >= 4 is 16.8 Å². The minimum Gasteiger partial charge on any atom is -0.488 e. The number of hydrogen-bond acceptors (Lipinski definition) is 7. The van der Waals surface area contributed by atoms with Crippen molar-refractivity contribution in [1.29, 1.82) is 0 Å². The number of carbonyl (C=O) groups is 1. The summed E-state index contributed by atoms with van der Waals surface area (Å²) in [6, 6.07) is 8.77. The van der Waals surface area contributed by atoms with Crippen molar-refractivity contribution in [2.75, 3.05) is 46.6 Å². The van der Waals surface area contributed by atoms with Gasteiger partial charge < -0.3 is 23.6 Å². The molecule has 37 heavy (non-hydrogen) atoms. The molecule has 0 bridgehead atoms. The first kappa shape index (κ1) is 23.6. The van der Waals surface area contributed by atoms with Crippen LogP contribution >= 0.6 is 0 Å². The van der Waals surface area contributed by atoms with Gasteiger partial charge in [-0.15, -0.1) is 0 Å². The van der Waals surface area contributed by atoms with Crippen molar-refractivity contribution in [1.82, 2.24) is 20.3 Å². The number of fused-ring (bicyclic) bond motifs is 2. The summed E-state index contributed by atoms with van der Waals surface area (Å²) in [5.74, 6) is -0.512. The molecule has 192 valence electrons. The number of likely N-dealkylation sites (tertiary alicyclic amines) is 1. The molecule has 0 spiro atoms. The maximum absolute atomic E-state index is 15.0. The molecule has 4 aromatic rings. The first-order chi connectivity index (χ1) is 18.0. The molecule has 1 amide bonds. The van der Waals surface area contributed by atoms with E-state index in [4.69, 9.17) is 18.7 Å². The molecule has 0 aliphatic carbocycles. The molecule has 2 aromatic heterocycles. The van der Waals surface area contributed by atoms with Crippen molar-refractivity contribution < 1.29 is 32.3 Å². The Morgan fingerprint density at radius 1 is 1.11 bits per heavy atom. The third kappa shape index (κ3) is 4.34. The number of halogens is 2. The van der Waals surface area contributed by atoms with E-state index in [1.807, 2.05) is 0 Å². The maximum atomic E-state index is 15.0. The van der Waals surface area contributed by atoms with Crippen LogP contribution in [0.5, 0.6) is 5.75 Å². The third-order valence-electron chi connectivity index (χ3n) is 6.93. The van der Waals surface area contributed by atoms with E-state index in [0.29, 0.717) is 72.6 Å². The molecule has 0 radical (unpaired) electrons. The number of carbonyl (C=O) groups excluding carboxylic acids is 1. The summed E-state index contributed by atoms with van der Waals surface area (Å²) in [5.41, 5.74) is 1.72. The molecule has 2 aliphatic rings. The Bertz CT molecular complexity index is 1460. The molecule has 2 aliphatic heterocycles. The van der Waals surface area contributed by atoms with E-state index < -0.39 is 11.6 Å². The predicted octanol–water partition coefficient (Wildman–Crippen LogP) is 3.91. The van der Waals surface area contributed by atoms with Crippen LogP contribution in [-0.2, 0) is 9.47 Å². The van der Waals surface area contributed by atoms with Gasteiger partial charge in [0.25, 0.3) is 5.91 Å². The molecule has 0 unspecified atom stereocenters. The normalized spacial score (nSPS) is 19.1. The molecule has 2 fully saturated rings. The second-order valence-electron chi connectivity index (χ2n) is 9.28. The van der Waals surface area contributed by atoms with Crippen LogP contribution in [0, 0.1) is 23.5 Å². The predicted molar refractivity (Wildman–Crippen MR) is 128 cm³/mol. The number of nitrogens with zero attached hydrogens (tertiary/aromatic N) is 3. The Morgan fingerprint density at radius 3 is 2.68 bits per heavy atom. The van der Waals surface area contributed by atoms with E-state index in [-0.39, 0.29) is 29.6 Å². The topological polar surface area (TPSA) is 103 Å². The molecule has 9 nitrogen and oxygen atoms in total. The molecule has 2 aromatic carbocycles. The Labute approximate surface area is 210 Å². The van der Waals surface area contributed by atoms with Crippen LogP contribution in [0.3, 0.4) is 0 Å². The number of benzene rings is 2. The fraction of sp³-hybridized carbons (Fsp3) is 0.346. The van der Waals surface area contributed by atoms with Gasteiger partial charge in [-0.05, 0) is 18.2 Å². The molecule has 11 heteroatoms. The molecular formula is C26H24F2N4O5. The highest BCUT2D eigenvalue weighted by atomic mass is 19.1. The first-order valence-electron chi connectivity index (χ1n) is 11.9. The van der Waals surface area contributed by atoms with Crippen LogP contribution in [0.1, 0.15) is 10.4 Å². The third-order valence-corrected chi connectivity index (χ3v) is 6.93. The van der Waals surface area contributed by atoms with Crippen LogP contribution in [0.4, 0.5) is 8.78 Å². The van der Waals surface area contributed by atoms with E-state index in [0.717, 1.165) is 0 Å². The SMILES string of the molecule is COCCOc1cc2[nH]nc(-c3cc(-c4ccc(C(=O)N5C[C@H]6COC[C@H]6C5)c(F)c4)no3)c2cc1F. The minimum absolute atomic E-state index is 0.0191. The number of aromatic nitrogens is 3. The zero-order valence-corrected chi connectivity index (χ0v) is 20.0. The molecule has 1 N–H and O–H groups in total. The van der Waals surface area contributed by atoms with Crippen LogP contribution in [0.25, 0.3) is 33.6 Å². The maximum Gasteiger partial charge on any atom is 0.256 e. The Kier molecular flexibility index (Phi) is 6.09.